The lowest BCUT2D eigenvalue weighted by molar-refractivity contribution is 0.555. The molecule has 1 fully saturated rings. The van der Waals surface area contributed by atoms with Crippen LogP contribution in [0.2, 0.25) is 0 Å². The minimum Gasteiger partial charge on any atom is -0.337 e. The zero-order valence-electron chi connectivity index (χ0n) is 10.4. The summed E-state index contributed by atoms with van der Waals surface area (Å²) in [5.41, 5.74) is 0. The van der Waals surface area contributed by atoms with Crippen molar-refractivity contribution >= 4 is 10.0 Å². The summed E-state index contributed by atoms with van der Waals surface area (Å²) in [6.45, 7) is 2.77. The molecule has 2 heterocycles. The van der Waals surface area contributed by atoms with Crippen molar-refractivity contribution in [2.75, 3.05) is 19.6 Å². The van der Waals surface area contributed by atoms with Gasteiger partial charge in [-0.3, -0.25) is 0 Å². The number of aromatic nitrogens is 2. The summed E-state index contributed by atoms with van der Waals surface area (Å²) in [6.07, 6.45) is 7.93. The lowest BCUT2D eigenvalue weighted by atomic mass is 10.3. The van der Waals surface area contributed by atoms with Crippen LogP contribution in [0.3, 0.4) is 0 Å². The summed E-state index contributed by atoms with van der Waals surface area (Å²) in [5.74, 6) is 0. The third-order valence-corrected chi connectivity index (χ3v) is 5.05. The Morgan fingerprint density at radius 2 is 2.33 bits per heavy atom. The van der Waals surface area contributed by atoms with E-state index in [1.165, 1.54) is 0 Å². The van der Waals surface area contributed by atoms with Crippen molar-refractivity contribution in [1.29, 1.82) is 0 Å². The second-order valence-corrected chi connectivity index (χ2v) is 6.61. The van der Waals surface area contributed by atoms with E-state index in [0.717, 1.165) is 25.9 Å². The fourth-order valence-corrected chi connectivity index (χ4v) is 3.49. The first kappa shape index (κ1) is 13.5. The molecule has 2 N–H and O–H groups in total. The van der Waals surface area contributed by atoms with E-state index < -0.39 is 10.0 Å². The Hall–Kier alpha value is -0.920. The number of hydrogen-bond donors (Lipinski definition) is 2. The van der Waals surface area contributed by atoms with Crippen molar-refractivity contribution < 1.29 is 8.42 Å². The van der Waals surface area contributed by atoms with Crippen LogP contribution < -0.4 is 10.0 Å². The Bertz CT molecular complexity index is 438. The molecule has 1 aromatic rings. The fraction of sp³-hybridized carbons (Fsp3) is 0.727. The van der Waals surface area contributed by atoms with Gasteiger partial charge in [-0.1, -0.05) is 0 Å². The molecule has 0 saturated carbocycles. The monoisotopic (exact) mass is 272 g/mol. The molecule has 0 amide bonds. The molecule has 0 aromatic carbocycles. The van der Waals surface area contributed by atoms with Crippen LogP contribution in [0.15, 0.2) is 18.7 Å². The Labute approximate surface area is 108 Å². The molecule has 1 aliphatic heterocycles. The maximum absolute atomic E-state index is 11.9. The summed E-state index contributed by atoms with van der Waals surface area (Å²) >= 11 is 0. The summed E-state index contributed by atoms with van der Waals surface area (Å²) in [5, 5.41) is 2.81. The second kappa shape index (κ2) is 6.31. The van der Waals surface area contributed by atoms with E-state index in [0.29, 0.717) is 19.5 Å². The van der Waals surface area contributed by atoms with Crippen molar-refractivity contribution in [3.8, 4) is 0 Å². The summed E-state index contributed by atoms with van der Waals surface area (Å²) in [4.78, 5) is 3.96. The molecule has 7 heteroatoms. The Kier molecular flexibility index (Phi) is 4.73. The highest BCUT2D eigenvalue weighted by atomic mass is 32.2. The van der Waals surface area contributed by atoms with Crippen LogP contribution in [0.1, 0.15) is 19.3 Å². The van der Waals surface area contributed by atoms with Crippen molar-refractivity contribution in [2.45, 2.75) is 31.1 Å². The van der Waals surface area contributed by atoms with Crippen molar-refractivity contribution in [3.05, 3.63) is 18.7 Å². The third kappa shape index (κ3) is 3.79. The van der Waals surface area contributed by atoms with Crippen LogP contribution >= 0.6 is 0 Å². The van der Waals surface area contributed by atoms with E-state index in [-0.39, 0.29) is 5.25 Å². The SMILES string of the molecule is O=S(=O)(NCCCCn1ccnc1)C1CCNC1. The van der Waals surface area contributed by atoms with E-state index in [1.807, 2.05) is 10.8 Å². The number of sulfonamides is 1. The standard InChI is InChI=1S/C11H20N4O2S/c16-18(17,11-3-5-12-9-11)14-4-1-2-7-15-8-6-13-10-15/h6,8,10-12,14H,1-5,7,9H2. The Balaban J connectivity index is 1.62. The van der Waals surface area contributed by atoms with Crippen LogP contribution in [0, 0.1) is 0 Å². The summed E-state index contributed by atoms with van der Waals surface area (Å²) < 4.78 is 28.4. The number of unbranched alkanes of at least 4 members (excludes halogenated alkanes) is 1. The highest BCUT2D eigenvalue weighted by molar-refractivity contribution is 7.90. The van der Waals surface area contributed by atoms with E-state index in [4.69, 9.17) is 0 Å². The lowest BCUT2D eigenvalue weighted by Crippen LogP contribution is -2.36. The van der Waals surface area contributed by atoms with Gasteiger partial charge >= 0.3 is 0 Å². The normalized spacial score (nSPS) is 20.3. The van der Waals surface area contributed by atoms with Crippen LogP contribution in [0.4, 0.5) is 0 Å². The van der Waals surface area contributed by atoms with Gasteiger partial charge in [-0.15, -0.1) is 0 Å². The van der Waals surface area contributed by atoms with Gasteiger partial charge in [-0.25, -0.2) is 18.1 Å². The molecular weight excluding hydrogens is 252 g/mol. The van der Waals surface area contributed by atoms with Crippen molar-refractivity contribution in [1.82, 2.24) is 19.6 Å². The zero-order chi connectivity index (χ0) is 12.8. The smallest absolute Gasteiger partial charge is 0.215 e. The van der Waals surface area contributed by atoms with Gasteiger partial charge in [0.2, 0.25) is 10.0 Å². The molecule has 1 atom stereocenters. The average molecular weight is 272 g/mol. The van der Waals surface area contributed by atoms with Crippen LogP contribution in [0.25, 0.3) is 0 Å². The van der Waals surface area contributed by atoms with Gasteiger partial charge in [-0.2, -0.15) is 0 Å². The van der Waals surface area contributed by atoms with Gasteiger partial charge in [0.15, 0.2) is 0 Å². The first-order valence-corrected chi connectivity index (χ1v) is 7.88. The van der Waals surface area contributed by atoms with Gasteiger partial charge in [0.25, 0.3) is 0 Å². The average Bonchev–Trinajstić information content (AvgIpc) is 3.02. The number of nitrogens with zero attached hydrogens (tertiary/aromatic N) is 2. The van der Waals surface area contributed by atoms with Gasteiger partial charge < -0.3 is 9.88 Å². The van der Waals surface area contributed by atoms with E-state index in [2.05, 4.69) is 15.0 Å². The zero-order valence-corrected chi connectivity index (χ0v) is 11.2. The maximum atomic E-state index is 11.9. The van der Waals surface area contributed by atoms with Crippen molar-refractivity contribution in [2.24, 2.45) is 0 Å². The van der Waals surface area contributed by atoms with Crippen molar-refractivity contribution in [3.63, 3.8) is 0 Å². The largest absolute Gasteiger partial charge is 0.337 e. The predicted octanol–water partition coefficient (Wildman–Crippen LogP) is -0.0554. The molecular formula is C11H20N4O2S. The molecule has 1 aliphatic rings. The molecule has 0 aliphatic carbocycles. The highest BCUT2D eigenvalue weighted by Crippen LogP contribution is 2.08. The lowest BCUT2D eigenvalue weighted by Gasteiger charge is -2.11. The number of rotatable bonds is 7. The topological polar surface area (TPSA) is 76.0 Å². The minimum atomic E-state index is -3.13. The van der Waals surface area contributed by atoms with E-state index >= 15 is 0 Å². The molecule has 6 nitrogen and oxygen atoms in total. The molecule has 102 valence electrons. The molecule has 0 spiro atoms. The molecule has 1 aromatic heterocycles. The van der Waals surface area contributed by atoms with E-state index in [1.54, 1.807) is 12.5 Å². The minimum absolute atomic E-state index is 0.258. The summed E-state index contributed by atoms with van der Waals surface area (Å²) in [7, 11) is -3.13. The number of nitrogens with one attached hydrogen (secondary N) is 2. The second-order valence-electron chi connectivity index (χ2n) is 4.56. The van der Waals surface area contributed by atoms with Gasteiger partial charge in [0.05, 0.1) is 11.6 Å². The number of imidazole rings is 1. The molecule has 2 rings (SSSR count). The molecule has 1 saturated heterocycles. The van der Waals surface area contributed by atoms with Gasteiger partial charge in [-0.05, 0) is 25.8 Å². The number of aryl methyl sites for hydroxylation is 1. The molecule has 18 heavy (non-hydrogen) atoms. The molecule has 0 bridgehead atoms. The quantitative estimate of drug-likeness (QED) is 0.682. The fourth-order valence-electron chi connectivity index (χ4n) is 2.06. The van der Waals surface area contributed by atoms with Gasteiger partial charge in [0, 0.05) is 32.0 Å². The van der Waals surface area contributed by atoms with Gasteiger partial charge in [0.1, 0.15) is 0 Å². The molecule has 1 unspecified atom stereocenters. The maximum Gasteiger partial charge on any atom is 0.215 e. The van der Waals surface area contributed by atoms with Crippen LogP contribution in [0.5, 0.6) is 0 Å². The highest BCUT2D eigenvalue weighted by Gasteiger charge is 2.27. The van der Waals surface area contributed by atoms with E-state index in [9.17, 15) is 8.42 Å². The first-order chi connectivity index (χ1) is 8.68. The number of hydrogen-bond acceptors (Lipinski definition) is 4. The Morgan fingerprint density at radius 1 is 1.44 bits per heavy atom. The Morgan fingerprint density at radius 3 is 3.00 bits per heavy atom. The first-order valence-electron chi connectivity index (χ1n) is 6.33. The predicted molar refractivity (Wildman–Crippen MR) is 69.7 cm³/mol. The molecule has 0 radical (unpaired) electrons. The third-order valence-electron chi connectivity index (χ3n) is 3.16. The van der Waals surface area contributed by atoms with Crippen LogP contribution in [-0.2, 0) is 16.6 Å². The van der Waals surface area contributed by atoms with Crippen LogP contribution in [-0.4, -0.2) is 42.9 Å². The summed E-state index contributed by atoms with van der Waals surface area (Å²) in [6, 6.07) is 0.